The average molecular weight is 451 g/mol. The zero-order valence-electron chi connectivity index (χ0n) is 21.0. The standard InChI is InChI=1S/C27H39BO3Si/c1-20-23(24(20)28-30-26(5,6)27(7,8)31-28)19-29-32(25(2,3)4,21-15-11-9-12-16-21)22-17-13-10-14-18-22/h9-18,20,23-24H,19H2,1-8H3/t20-,23+,24+/m1/s1. The fourth-order valence-electron chi connectivity index (χ4n) is 5.32. The van der Waals surface area contributed by atoms with E-state index in [0.717, 1.165) is 6.61 Å². The molecule has 1 heterocycles. The lowest BCUT2D eigenvalue weighted by molar-refractivity contribution is 0.00578. The van der Waals surface area contributed by atoms with Crippen molar-refractivity contribution in [3.63, 3.8) is 0 Å². The molecule has 3 nitrogen and oxygen atoms in total. The summed E-state index contributed by atoms with van der Waals surface area (Å²) in [5, 5.41) is 2.66. The second kappa shape index (κ2) is 8.12. The van der Waals surface area contributed by atoms with E-state index in [0.29, 0.717) is 17.7 Å². The lowest BCUT2D eigenvalue weighted by Crippen LogP contribution is -2.66. The van der Waals surface area contributed by atoms with Crippen LogP contribution in [0.3, 0.4) is 0 Å². The topological polar surface area (TPSA) is 27.7 Å². The van der Waals surface area contributed by atoms with Gasteiger partial charge < -0.3 is 13.7 Å². The summed E-state index contributed by atoms with van der Waals surface area (Å²) in [6.07, 6.45) is 0. The summed E-state index contributed by atoms with van der Waals surface area (Å²) in [5.41, 5.74) is -0.577. The minimum absolute atomic E-state index is 0.00628. The van der Waals surface area contributed by atoms with Crippen LogP contribution in [0.15, 0.2) is 60.7 Å². The van der Waals surface area contributed by atoms with E-state index in [1.165, 1.54) is 10.4 Å². The molecule has 1 aliphatic heterocycles. The molecule has 172 valence electrons. The maximum absolute atomic E-state index is 7.18. The third-order valence-corrected chi connectivity index (χ3v) is 13.1. The molecule has 0 aromatic heterocycles. The van der Waals surface area contributed by atoms with Gasteiger partial charge in [-0.1, -0.05) is 88.4 Å². The molecule has 0 amide bonds. The molecular formula is C27H39BO3Si. The molecule has 0 bridgehead atoms. The quantitative estimate of drug-likeness (QED) is 0.560. The van der Waals surface area contributed by atoms with Gasteiger partial charge in [-0.2, -0.15) is 0 Å². The Kier molecular flexibility index (Phi) is 6.03. The van der Waals surface area contributed by atoms with E-state index in [2.05, 4.69) is 116 Å². The highest BCUT2D eigenvalue weighted by molar-refractivity contribution is 6.99. The highest BCUT2D eigenvalue weighted by atomic mass is 28.4. The summed E-state index contributed by atoms with van der Waals surface area (Å²) in [7, 11) is -2.66. The van der Waals surface area contributed by atoms with Crippen molar-refractivity contribution < 1.29 is 13.7 Å². The molecule has 0 N–H and O–H groups in total. The van der Waals surface area contributed by atoms with Crippen molar-refractivity contribution in [3.8, 4) is 0 Å². The van der Waals surface area contributed by atoms with Gasteiger partial charge in [0.25, 0.3) is 8.32 Å². The van der Waals surface area contributed by atoms with E-state index in [4.69, 9.17) is 13.7 Å². The Morgan fingerprint density at radius 3 is 1.69 bits per heavy atom. The first-order valence-corrected chi connectivity index (χ1v) is 13.9. The van der Waals surface area contributed by atoms with Crippen LogP contribution >= 0.6 is 0 Å². The first-order chi connectivity index (χ1) is 14.9. The van der Waals surface area contributed by atoms with Crippen LogP contribution < -0.4 is 10.4 Å². The van der Waals surface area contributed by atoms with Gasteiger partial charge in [-0.3, -0.25) is 0 Å². The van der Waals surface area contributed by atoms with Gasteiger partial charge in [-0.05, 0) is 54.9 Å². The van der Waals surface area contributed by atoms with Crippen molar-refractivity contribution >= 4 is 25.8 Å². The van der Waals surface area contributed by atoms with Gasteiger partial charge in [0.1, 0.15) is 0 Å². The third-order valence-electron chi connectivity index (χ3n) is 8.13. The van der Waals surface area contributed by atoms with E-state index in [1.807, 2.05) is 0 Å². The fourth-order valence-corrected chi connectivity index (χ4v) is 9.92. The molecule has 5 heteroatoms. The first-order valence-electron chi connectivity index (χ1n) is 12.0. The largest absolute Gasteiger partial charge is 0.461 e. The fraction of sp³-hybridized carbons (Fsp3) is 0.556. The monoisotopic (exact) mass is 450 g/mol. The zero-order chi connectivity index (χ0) is 23.4. The van der Waals surface area contributed by atoms with Gasteiger partial charge in [-0.15, -0.1) is 0 Å². The molecule has 2 aromatic rings. The molecule has 0 spiro atoms. The van der Waals surface area contributed by atoms with Gasteiger partial charge in [-0.25, -0.2) is 0 Å². The molecule has 3 atom stereocenters. The SMILES string of the molecule is C[C@@H]1[C@H](CO[Si](c2ccccc2)(c2ccccc2)C(C)(C)C)[C@H]1B1OC(C)(C)C(C)(C)O1. The molecule has 4 rings (SSSR count). The maximum Gasteiger partial charge on any atom is 0.461 e. The van der Waals surface area contributed by atoms with E-state index in [-0.39, 0.29) is 23.4 Å². The molecule has 0 unspecified atom stereocenters. The second-order valence-corrected chi connectivity index (χ2v) is 16.0. The Labute approximate surface area is 196 Å². The summed E-state index contributed by atoms with van der Waals surface area (Å²) < 4.78 is 20.0. The van der Waals surface area contributed by atoms with Gasteiger partial charge >= 0.3 is 7.12 Å². The van der Waals surface area contributed by atoms with Crippen molar-refractivity contribution in [2.24, 2.45) is 11.8 Å². The molecule has 2 aliphatic rings. The van der Waals surface area contributed by atoms with Crippen LogP contribution in [-0.2, 0) is 13.7 Å². The smallest absolute Gasteiger partial charge is 0.407 e. The third kappa shape index (κ3) is 3.92. The second-order valence-electron chi connectivity index (χ2n) is 11.7. The summed E-state index contributed by atoms with van der Waals surface area (Å²) in [5.74, 6) is 1.36. The number of hydrogen-bond acceptors (Lipinski definition) is 3. The van der Waals surface area contributed by atoms with Crippen LogP contribution in [0.5, 0.6) is 0 Å². The van der Waals surface area contributed by atoms with E-state index in [9.17, 15) is 0 Å². The maximum atomic E-state index is 7.18. The van der Waals surface area contributed by atoms with Crippen LogP contribution in [0.25, 0.3) is 0 Å². The van der Waals surface area contributed by atoms with Crippen LogP contribution in [0, 0.1) is 11.8 Å². The Balaban J connectivity index is 1.61. The number of hydrogen-bond donors (Lipinski definition) is 0. The average Bonchev–Trinajstić information content (AvgIpc) is 3.30. The number of rotatable bonds is 6. The summed E-state index contributed by atoms with van der Waals surface area (Å²) in [6.45, 7) is 18.6. The van der Waals surface area contributed by atoms with Crippen molar-refractivity contribution in [1.29, 1.82) is 0 Å². The van der Waals surface area contributed by atoms with Crippen LogP contribution in [0.1, 0.15) is 55.4 Å². The lowest BCUT2D eigenvalue weighted by Gasteiger charge is -2.43. The first kappa shape index (κ1) is 23.7. The van der Waals surface area contributed by atoms with Gasteiger partial charge in [0.05, 0.1) is 11.2 Å². The molecular weight excluding hydrogens is 411 g/mol. The van der Waals surface area contributed by atoms with Crippen LogP contribution in [0.2, 0.25) is 10.9 Å². The molecule has 32 heavy (non-hydrogen) atoms. The van der Waals surface area contributed by atoms with Gasteiger partial charge in [0.15, 0.2) is 0 Å². The van der Waals surface area contributed by atoms with E-state index >= 15 is 0 Å². The Morgan fingerprint density at radius 1 is 0.844 bits per heavy atom. The predicted octanol–water partition coefficient (Wildman–Crippen LogP) is 5.29. The molecule has 1 saturated heterocycles. The van der Waals surface area contributed by atoms with E-state index in [1.54, 1.807) is 0 Å². The highest BCUT2D eigenvalue weighted by Crippen LogP contribution is 2.58. The summed E-state index contributed by atoms with van der Waals surface area (Å²) in [4.78, 5) is 0. The van der Waals surface area contributed by atoms with Crippen molar-refractivity contribution in [2.45, 2.75) is 77.4 Å². The minimum Gasteiger partial charge on any atom is -0.407 e. The zero-order valence-corrected chi connectivity index (χ0v) is 22.0. The van der Waals surface area contributed by atoms with Crippen molar-refractivity contribution in [1.82, 2.24) is 0 Å². The van der Waals surface area contributed by atoms with Gasteiger partial charge in [0.2, 0.25) is 0 Å². The number of benzene rings is 2. The molecule has 2 fully saturated rings. The lowest BCUT2D eigenvalue weighted by atomic mass is 9.79. The van der Waals surface area contributed by atoms with Crippen molar-refractivity contribution in [2.75, 3.05) is 6.61 Å². The molecule has 1 saturated carbocycles. The Hall–Kier alpha value is -1.40. The van der Waals surface area contributed by atoms with E-state index < -0.39 is 8.32 Å². The van der Waals surface area contributed by atoms with Crippen LogP contribution in [-0.4, -0.2) is 33.2 Å². The molecule has 2 aromatic carbocycles. The Morgan fingerprint density at radius 2 is 1.28 bits per heavy atom. The van der Waals surface area contributed by atoms with Gasteiger partial charge in [0, 0.05) is 12.4 Å². The molecule has 0 radical (unpaired) electrons. The Bertz CT molecular complexity index is 867. The summed E-state index contributed by atoms with van der Waals surface area (Å²) >= 11 is 0. The minimum atomic E-state index is -2.51. The summed E-state index contributed by atoms with van der Waals surface area (Å²) in [6, 6.07) is 21.8. The predicted molar refractivity (Wildman–Crippen MR) is 136 cm³/mol. The van der Waals surface area contributed by atoms with Crippen LogP contribution in [0.4, 0.5) is 0 Å². The van der Waals surface area contributed by atoms with Crippen molar-refractivity contribution in [3.05, 3.63) is 60.7 Å². The molecule has 1 aliphatic carbocycles. The normalized spacial score (nSPS) is 26.9. The highest BCUT2D eigenvalue weighted by Gasteiger charge is 2.64.